The fourth-order valence-corrected chi connectivity index (χ4v) is 2.61. The zero-order valence-electron chi connectivity index (χ0n) is 10.7. The van der Waals surface area contributed by atoms with Crippen molar-refractivity contribution in [3.05, 3.63) is 48.3 Å². The molecule has 1 aliphatic rings. The lowest BCUT2D eigenvalue weighted by Crippen LogP contribution is -2.39. The third-order valence-electron chi connectivity index (χ3n) is 3.73. The average molecular weight is 241 g/mol. The van der Waals surface area contributed by atoms with Gasteiger partial charge < -0.3 is 5.32 Å². The highest BCUT2D eigenvalue weighted by Gasteiger charge is 2.30. The zero-order chi connectivity index (χ0) is 12.4. The molecule has 0 radical (unpaired) electrons. The van der Waals surface area contributed by atoms with Gasteiger partial charge in [0.1, 0.15) is 0 Å². The minimum atomic E-state index is 0.687. The van der Waals surface area contributed by atoms with Gasteiger partial charge in [-0.1, -0.05) is 25.1 Å². The highest BCUT2D eigenvalue weighted by atomic mass is 15.3. The lowest BCUT2D eigenvalue weighted by atomic mass is 9.77. The van der Waals surface area contributed by atoms with Crippen LogP contribution in [0.2, 0.25) is 0 Å². The summed E-state index contributed by atoms with van der Waals surface area (Å²) in [6.07, 6.45) is 6.67. The number of aromatic nitrogens is 2. The van der Waals surface area contributed by atoms with Crippen LogP contribution in [-0.2, 0) is 0 Å². The van der Waals surface area contributed by atoms with Crippen LogP contribution < -0.4 is 5.32 Å². The lowest BCUT2D eigenvalue weighted by molar-refractivity contribution is 0.296. The second-order valence-corrected chi connectivity index (χ2v) is 4.98. The van der Waals surface area contributed by atoms with Crippen molar-refractivity contribution in [2.75, 3.05) is 6.54 Å². The van der Waals surface area contributed by atoms with Crippen molar-refractivity contribution < 1.29 is 0 Å². The van der Waals surface area contributed by atoms with Crippen LogP contribution in [0.3, 0.4) is 0 Å². The maximum absolute atomic E-state index is 4.46. The number of nitrogens with one attached hydrogen (secondary N) is 1. The molecule has 1 saturated carbocycles. The van der Waals surface area contributed by atoms with Crippen LogP contribution in [0.15, 0.2) is 42.7 Å². The Labute approximate surface area is 108 Å². The van der Waals surface area contributed by atoms with Gasteiger partial charge in [0, 0.05) is 12.2 Å². The quantitative estimate of drug-likeness (QED) is 0.892. The second kappa shape index (κ2) is 4.94. The number of hydrogen-bond donors (Lipinski definition) is 1. The van der Waals surface area contributed by atoms with Crippen molar-refractivity contribution in [1.82, 2.24) is 15.1 Å². The van der Waals surface area contributed by atoms with Crippen LogP contribution >= 0.6 is 0 Å². The Kier molecular flexibility index (Phi) is 3.15. The Bertz CT molecular complexity index is 497. The van der Waals surface area contributed by atoms with Gasteiger partial charge in [-0.2, -0.15) is 5.10 Å². The molecule has 0 saturated heterocycles. The molecule has 0 atom stereocenters. The highest BCUT2D eigenvalue weighted by Crippen LogP contribution is 2.36. The Morgan fingerprint density at radius 3 is 2.78 bits per heavy atom. The van der Waals surface area contributed by atoms with E-state index in [1.165, 1.54) is 18.4 Å². The third kappa shape index (κ3) is 2.18. The molecule has 0 amide bonds. The van der Waals surface area contributed by atoms with Crippen molar-refractivity contribution in [1.29, 1.82) is 0 Å². The number of nitrogens with zero attached hydrogens (tertiary/aromatic N) is 2. The summed E-state index contributed by atoms with van der Waals surface area (Å²) in [5.74, 6) is 0.687. The Balaban J connectivity index is 1.68. The van der Waals surface area contributed by atoms with Crippen LogP contribution in [-0.4, -0.2) is 22.4 Å². The Hall–Kier alpha value is -1.61. The maximum atomic E-state index is 4.46. The summed E-state index contributed by atoms with van der Waals surface area (Å²) in [6, 6.07) is 11.0. The van der Waals surface area contributed by atoms with Gasteiger partial charge in [0.15, 0.2) is 0 Å². The first-order chi connectivity index (χ1) is 8.86. The number of hydrogen-bond acceptors (Lipinski definition) is 2. The standard InChI is InChI=1S/C15H19N3/c1-2-16-14-8-12(9-14)13-10-17-18(11-13)15-6-4-3-5-7-15/h3-7,10-12,14,16H,2,8-9H2,1H3. The van der Waals surface area contributed by atoms with Gasteiger partial charge in [-0.15, -0.1) is 0 Å². The molecule has 1 heterocycles. The molecule has 1 aliphatic carbocycles. The Morgan fingerprint density at radius 2 is 2.06 bits per heavy atom. The van der Waals surface area contributed by atoms with Crippen molar-refractivity contribution in [2.24, 2.45) is 0 Å². The molecule has 1 aromatic carbocycles. The van der Waals surface area contributed by atoms with E-state index in [1.807, 2.05) is 29.1 Å². The molecule has 2 aromatic rings. The molecule has 1 fully saturated rings. The molecule has 1 aromatic heterocycles. The summed E-state index contributed by atoms with van der Waals surface area (Å²) in [6.45, 7) is 3.24. The summed E-state index contributed by atoms with van der Waals surface area (Å²) in [5, 5.41) is 7.95. The molecule has 0 spiro atoms. The summed E-state index contributed by atoms with van der Waals surface area (Å²) in [7, 11) is 0. The molecule has 18 heavy (non-hydrogen) atoms. The first-order valence-electron chi connectivity index (χ1n) is 6.70. The van der Waals surface area contributed by atoms with Gasteiger partial charge in [0.2, 0.25) is 0 Å². The Morgan fingerprint density at radius 1 is 1.28 bits per heavy atom. The predicted molar refractivity (Wildman–Crippen MR) is 73.0 cm³/mol. The summed E-state index contributed by atoms with van der Waals surface area (Å²) >= 11 is 0. The molecule has 3 heteroatoms. The van der Waals surface area contributed by atoms with E-state index in [0.717, 1.165) is 12.2 Å². The predicted octanol–water partition coefficient (Wildman–Crippen LogP) is 2.73. The van der Waals surface area contributed by atoms with E-state index in [0.29, 0.717) is 12.0 Å². The van der Waals surface area contributed by atoms with Gasteiger partial charge in [-0.05, 0) is 43.0 Å². The minimum Gasteiger partial charge on any atom is -0.314 e. The van der Waals surface area contributed by atoms with Crippen molar-refractivity contribution in [2.45, 2.75) is 31.7 Å². The highest BCUT2D eigenvalue weighted by molar-refractivity contribution is 5.32. The second-order valence-electron chi connectivity index (χ2n) is 4.98. The third-order valence-corrected chi connectivity index (χ3v) is 3.73. The van der Waals surface area contributed by atoms with Crippen LogP contribution in [0, 0.1) is 0 Å². The molecule has 3 rings (SSSR count). The van der Waals surface area contributed by atoms with E-state index in [2.05, 4.69) is 35.7 Å². The summed E-state index contributed by atoms with van der Waals surface area (Å²) in [5.41, 5.74) is 2.50. The van der Waals surface area contributed by atoms with E-state index in [1.54, 1.807) is 0 Å². The number of benzene rings is 1. The zero-order valence-corrected chi connectivity index (χ0v) is 10.7. The molecule has 1 N–H and O–H groups in total. The molecule has 94 valence electrons. The molecule has 0 aliphatic heterocycles. The van der Waals surface area contributed by atoms with Gasteiger partial charge in [-0.25, -0.2) is 4.68 Å². The van der Waals surface area contributed by atoms with E-state index >= 15 is 0 Å². The first kappa shape index (κ1) is 11.5. The maximum Gasteiger partial charge on any atom is 0.0645 e. The van der Waals surface area contributed by atoms with Gasteiger partial charge in [-0.3, -0.25) is 0 Å². The topological polar surface area (TPSA) is 29.9 Å². The summed E-state index contributed by atoms with van der Waals surface area (Å²) in [4.78, 5) is 0. The fourth-order valence-electron chi connectivity index (χ4n) is 2.61. The largest absolute Gasteiger partial charge is 0.314 e. The van der Waals surface area contributed by atoms with E-state index in [4.69, 9.17) is 0 Å². The molecule has 0 unspecified atom stereocenters. The first-order valence-corrected chi connectivity index (χ1v) is 6.70. The van der Waals surface area contributed by atoms with E-state index < -0.39 is 0 Å². The molecule has 0 bridgehead atoms. The summed E-state index contributed by atoms with van der Waals surface area (Å²) < 4.78 is 1.97. The number of rotatable bonds is 4. The van der Waals surface area contributed by atoms with Gasteiger partial charge in [0.25, 0.3) is 0 Å². The van der Waals surface area contributed by atoms with Crippen molar-refractivity contribution in [3.8, 4) is 5.69 Å². The minimum absolute atomic E-state index is 0.687. The fraction of sp³-hybridized carbons (Fsp3) is 0.400. The lowest BCUT2D eigenvalue weighted by Gasteiger charge is -2.35. The van der Waals surface area contributed by atoms with Crippen LogP contribution in [0.4, 0.5) is 0 Å². The van der Waals surface area contributed by atoms with Gasteiger partial charge >= 0.3 is 0 Å². The van der Waals surface area contributed by atoms with Crippen molar-refractivity contribution >= 4 is 0 Å². The normalized spacial score (nSPS) is 22.7. The van der Waals surface area contributed by atoms with E-state index in [-0.39, 0.29) is 0 Å². The molecular weight excluding hydrogens is 222 g/mol. The monoisotopic (exact) mass is 241 g/mol. The van der Waals surface area contributed by atoms with Crippen molar-refractivity contribution in [3.63, 3.8) is 0 Å². The molecular formula is C15H19N3. The smallest absolute Gasteiger partial charge is 0.0645 e. The van der Waals surface area contributed by atoms with Gasteiger partial charge in [0.05, 0.1) is 11.9 Å². The van der Waals surface area contributed by atoms with Crippen LogP contribution in [0.1, 0.15) is 31.2 Å². The SMILES string of the molecule is CCNC1CC(c2cnn(-c3ccccc3)c2)C1. The van der Waals surface area contributed by atoms with Crippen LogP contribution in [0.25, 0.3) is 5.69 Å². The average Bonchev–Trinajstić information content (AvgIpc) is 2.83. The number of para-hydroxylation sites is 1. The molecule has 3 nitrogen and oxygen atoms in total. The van der Waals surface area contributed by atoms with E-state index in [9.17, 15) is 0 Å². The van der Waals surface area contributed by atoms with Crippen LogP contribution in [0.5, 0.6) is 0 Å².